The number of rotatable bonds is 7. The van der Waals surface area contributed by atoms with Crippen molar-refractivity contribution in [1.29, 1.82) is 5.26 Å². The largest absolute Gasteiger partial charge is 0.495 e. The number of benzene rings is 2. The van der Waals surface area contributed by atoms with E-state index >= 15 is 0 Å². The number of nitriles is 1. The Morgan fingerprint density at radius 2 is 1.72 bits per heavy atom. The third-order valence-corrected chi connectivity index (χ3v) is 4.27. The summed E-state index contributed by atoms with van der Waals surface area (Å²) >= 11 is 0. The molecule has 0 saturated heterocycles. The topological polar surface area (TPSA) is 88.4 Å². The molecule has 0 saturated carbocycles. The van der Waals surface area contributed by atoms with Crippen molar-refractivity contribution in [2.75, 3.05) is 12.4 Å². The monoisotopic (exact) mass is 392 g/mol. The van der Waals surface area contributed by atoms with Gasteiger partial charge in [-0.2, -0.15) is 5.26 Å². The summed E-state index contributed by atoms with van der Waals surface area (Å²) in [7, 11) is 1.49. The van der Waals surface area contributed by atoms with Crippen molar-refractivity contribution < 1.29 is 19.1 Å². The number of nitrogens with one attached hydrogen (secondary N) is 1. The molecule has 0 aliphatic carbocycles. The van der Waals surface area contributed by atoms with Crippen LogP contribution >= 0.6 is 0 Å². The van der Waals surface area contributed by atoms with Crippen molar-refractivity contribution in [3.63, 3.8) is 0 Å². The first-order chi connectivity index (χ1) is 13.8. The molecule has 0 spiro atoms. The minimum absolute atomic E-state index is 0.181. The number of para-hydroxylation sites is 2. The van der Waals surface area contributed by atoms with Gasteiger partial charge in [0.05, 0.1) is 12.8 Å². The van der Waals surface area contributed by atoms with Crippen molar-refractivity contribution in [2.24, 2.45) is 0 Å². The van der Waals surface area contributed by atoms with E-state index in [0.29, 0.717) is 22.9 Å². The molecular weight excluding hydrogens is 368 g/mol. The van der Waals surface area contributed by atoms with Crippen LogP contribution in [0.25, 0.3) is 6.08 Å². The summed E-state index contributed by atoms with van der Waals surface area (Å²) in [4.78, 5) is 24.7. The minimum Gasteiger partial charge on any atom is -0.495 e. The van der Waals surface area contributed by atoms with E-state index in [2.05, 4.69) is 19.2 Å². The van der Waals surface area contributed by atoms with Gasteiger partial charge in [0.25, 0.3) is 5.91 Å². The zero-order valence-corrected chi connectivity index (χ0v) is 16.9. The molecule has 1 atom stereocenters. The third-order valence-electron chi connectivity index (χ3n) is 4.27. The molecule has 1 N–H and O–H groups in total. The number of hydrogen-bond acceptors (Lipinski definition) is 5. The summed E-state index contributed by atoms with van der Waals surface area (Å²) < 4.78 is 10.3. The van der Waals surface area contributed by atoms with Gasteiger partial charge in [0.15, 0.2) is 6.10 Å². The molecule has 150 valence electrons. The summed E-state index contributed by atoms with van der Waals surface area (Å²) in [5.74, 6) is -0.512. The highest BCUT2D eigenvalue weighted by Crippen LogP contribution is 2.23. The molecular formula is C23H24N2O4. The molecule has 2 aromatic carbocycles. The van der Waals surface area contributed by atoms with Crippen LogP contribution in [-0.4, -0.2) is 25.1 Å². The lowest BCUT2D eigenvalue weighted by molar-refractivity contribution is -0.148. The molecule has 0 aromatic heterocycles. The first-order valence-corrected chi connectivity index (χ1v) is 9.22. The Balaban J connectivity index is 2.06. The van der Waals surface area contributed by atoms with Crippen molar-refractivity contribution in [3.05, 3.63) is 65.2 Å². The average molecular weight is 392 g/mol. The van der Waals surface area contributed by atoms with Crippen molar-refractivity contribution in [2.45, 2.75) is 32.8 Å². The number of ether oxygens (including phenoxy) is 2. The predicted octanol–water partition coefficient (Wildman–Crippen LogP) is 4.30. The fraction of sp³-hybridized carbons (Fsp3) is 0.261. The maximum absolute atomic E-state index is 12.3. The van der Waals surface area contributed by atoms with E-state index < -0.39 is 18.0 Å². The van der Waals surface area contributed by atoms with E-state index in [0.717, 1.165) is 5.56 Å². The molecule has 6 nitrogen and oxygen atoms in total. The fourth-order valence-electron chi connectivity index (χ4n) is 2.54. The van der Waals surface area contributed by atoms with Crippen LogP contribution in [0.5, 0.6) is 5.75 Å². The highest BCUT2D eigenvalue weighted by molar-refractivity contribution is 6.01. The smallest absolute Gasteiger partial charge is 0.349 e. The van der Waals surface area contributed by atoms with Crippen LogP contribution < -0.4 is 10.1 Å². The van der Waals surface area contributed by atoms with Crippen LogP contribution in [0.4, 0.5) is 5.69 Å². The first-order valence-electron chi connectivity index (χ1n) is 9.22. The van der Waals surface area contributed by atoms with Crippen LogP contribution in [0.2, 0.25) is 0 Å². The van der Waals surface area contributed by atoms with Crippen LogP contribution in [-0.2, 0) is 14.3 Å². The number of nitrogens with zero attached hydrogens (tertiary/aromatic N) is 1. The minimum atomic E-state index is -1.09. The van der Waals surface area contributed by atoms with E-state index in [1.54, 1.807) is 24.3 Å². The number of carbonyl (C=O) groups is 2. The van der Waals surface area contributed by atoms with E-state index in [9.17, 15) is 14.9 Å². The second-order valence-corrected chi connectivity index (χ2v) is 6.73. The zero-order valence-electron chi connectivity index (χ0n) is 16.9. The Bertz CT molecular complexity index is 940. The Kier molecular flexibility index (Phi) is 7.55. The summed E-state index contributed by atoms with van der Waals surface area (Å²) in [6, 6.07) is 16.3. The van der Waals surface area contributed by atoms with Gasteiger partial charge < -0.3 is 14.8 Å². The molecule has 29 heavy (non-hydrogen) atoms. The van der Waals surface area contributed by atoms with Crippen LogP contribution in [0, 0.1) is 11.3 Å². The standard InChI is InChI=1S/C23H24N2O4/c1-15(2)18-11-9-17(10-12-18)13-19(14-24)23(27)29-16(3)22(26)25-20-7-5-6-8-21(20)28-4/h5-13,15-16H,1-4H3,(H,25,26)/b19-13+/t16-/m1/s1. The van der Waals surface area contributed by atoms with Gasteiger partial charge >= 0.3 is 5.97 Å². The van der Waals surface area contributed by atoms with E-state index in [1.165, 1.54) is 20.1 Å². The van der Waals surface area contributed by atoms with Crippen LogP contribution in [0.3, 0.4) is 0 Å². The normalized spacial score (nSPS) is 12.1. The second kappa shape index (κ2) is 10.1. The highest BCUT2D eigenvalue weighted by Gasteiger charge is 2.21. The van der Waals surface area contributed by atoms with Crippen molar-refractivity contribution in [3.8, 4) is 11.8 Å². The summed E-state index contributed by atoms with van der Waals surface area (Å²) in [5.41, 5.74) is 2.14. The SMILES string of the molecule is COc1ccccc1NC(=O)[C@@H](C)OC(=O)/C(C#N)=C/c1ccc(C(C)C)cc1. The molecule has 0 radical (unpaired) electrons. The summed E-state index contributed by atoms with van der Waals surface area (Å²) in [6.45, 7) is 5.61. The molecule has 2 aromatic rings. The molecule has 0 aliphatic heterocycles. The number of carbonyl (C=O) groups excluding carboxylic acids is 2. The quantitative estimate of drug-likeness (QED) is 0.431. The number of methoxy groups -OCH3 is 1. The molecule has 0 heterocycles. The number of amides is 1. The Labute approximate surface area is 170 Å². The van der Waals surface area contributed by atoms with Gasteiger partial charge in [-0.1, -0.05) is 50.2 Å². The Morgan fingerprint density at radius 3 is 2.31 bits per heavy atom. The lowest BCUT2D eigenvalue weighted by Gasteiger charge is -2.15. The lowest BCUT2D eigenvalue weighted by Crippen LogP contribution is -2.30. The highest BCUT2D eigenvalue weighted by atomic mass is 16.5. The molecule has 1 amide bonds. The van der Waals surface area contributed by atoms with E-state index in [4.69, 9.17) is 9.47 Å². The van der Waals surface area contributed by atoms with Gasteiger partial charge in [0.1, 0.15) is 17.4 Å². The van der Waals surface area contributed by atoms with Crippen molar-refractivity contribution >= 4 is 23.6 Å². The molecule has 0 aliphatic rings. The van der Waals surface area contributed by atoms with Gasteiger partial charge in [-0.15, -0.1) is 0 Å². The first kappa shape index (κ1) is 21.7. The van der Waals surface area contributed by atoms with Crippen LogP contribution in [0.1, 0.15) is 37.8 Å². The van der Waals surface area contributed by atoms with Crippen LogP contribution in [0.15, 0.2) is 54.1 Å². The number of anilines is 1. The average Bonchev–Trinajstić information content (AvgIpc) is 2.72. The van der Waals surface area contributed by atoms with Crippen molar-refractivity contribution in [1.82, 2.24) is 0 Å². The van der Waals surface area contributed by atoms with Gasteiger partial charge in [-0.05, 0) is 42.2 Å². The maximum atomic E-state index is 12.3. The maximum Gasteiger partial charge on any atom is 0.349 e. The van der Waals surface area contributed by atoms with Gasteiger partial charge in [-0.25, -0.2) is 4.79 Å². The molecule has 6 heteroatoms. The second-order valence-electron chi connectivity index (χ2n) is 6.73. The third kappa shape index (κ3) is 5.94. The van der Waals surface area contributed by atoms with Gasteiger partial charge in [0.2, 0.25) is 0 Å². The van der Waals surface area contributed by atoms with E-state index in [1.807, 2.05) is 30.3 Å². The number of hydrogen-bond donors (Lipinski definition) is 1. The fourth-order valence-corrected chi connectivity index (χ4v) is 2.54. The molecule has 2 rings (SSSR count). The predicted molar refractivity (Wildman–Crippen MR) is 111 cm³/mol. The summed E-state index contributed by atoms with van der Waals surface area (Å²) in [6.07, 6.45) is 0.351. The number of esters is 1. The van der Waals surface area contributed by atoms with E-state index in [-0.39, 0.29) is 5.57 Å². The molecule has 0 unspecified atom stereocenters. The van der Waals surface area contributed by atoms with Gasteiger partial charge in [-0.3, -0.25) is 4.79 Å². The molecule has 0 bridgehead atoms. The zero-order chi connectivity index (χ0) is 21.4. The molecule has 0 fully saturated rings. The Hall–Kier alpha value is -3.59. The van der Waals surface area contributed by atoms with Gasteiger partial charge in [0, 0.05) is 0 Å². The Morgan fingerprint density at radius 1 is 1.07 bits per heavy atom. The lowest BCUT2D eigenvalue weighted by atomic mass is 10.0. The summed E-state index contributed by atoms with van der Waals surface area (Å²) in [5, 5.41) is 12.0.